The highest BCUT2D eigenvalue weighted by Crippen LogP contribution is 2.00. The van der Waals surface area contributed by atoms with Crippen LogP contribution >= 0.6 is 0 Å². The van der Waals surface area contributed by atoms with Gasteiger partial charge in [0.15, 0.2) is 6.29 Å². The summed E-state index contributed by atoms with van der Waals surface area (Å²) < 4.78 is 0. The molecule has 0 aromatic carbocycles. The second-order valence-electron chi connectivity index (χ2n) is 2.86. The lowest BCUT2D eigenvalue weighted by Crippen LogP contribution is -2.34. The third kappa shape index (κ3) is 7.51. The van der Waals surface area contributed by atoms with Gasteiger partial charge in [0.05, 0.1) is 6.04 Å². The normalized spacial score (nSPS) is 12.9. The Balaban J connectivity index is 3.21. The van der Waals surface area contributed by atoms with Crippen LogP contribution in [0.1, 0.15) is 19.3 Å². The molecule has 0 heterocycles. The third-order valence-corrected chi connectivity index (χ3v) is 1.65. The fourth-order valence-corrected chi connectivity index (χ4v) is 0.866. The van der Waals surface area contributed by atoms with E-state index in [4.69, 9.17) is 21.7 Å². The zero-order chi connectivity index (χ0) is 10.3. The zero-order valence-electron chi connectivity index (χ0n) is 7.44. The van der Waals surface area contributed by atoms with Crippen LogP contribution in [0.4, 0.5) is 4.79 Å². The van der Waals surface area contributed by atoms with Crippen molar-refractivity contribution in [2.75, 3.05) is 6.54 Å². The number of primary amides is 1. The molecule has 0 bridgehead atoms. The molecule has 0 radical (unpaired) electrons. The van der Waals surface area contributed by atoms with Gasteiger partial charge >= 0.3 is 6.03 Å². The van der Waals surface area contributed by atoms with Crippen molar-refractivity contribution >= 4 is 6.03 Å². The number of carbonyl (C=O) groups excluding carboxylic acids is 1. The van der Waals surface area contributed by atoms with Gasteiger partial charge < -0.3 is 27.0 Å². The molecular weight excluding hydrogens is 174 g/mol. The lowest BCUT2D eigenvalue weighted by atomic mass is 10.1. The lowest BCUT2D eigenvalue weighted by molar-refractivity contribution is -0.0599. The smallest absolute Gasteiger partial charge is 0.312 e. The standard InChI is InChI=1S/C7H17N3O3/c8-5(6(11)12)3-1-2-4-10-7(9)13/h5-6,11-12H,1-4,8H2,(H3,9,10,13)/t5-/m1/s1. The maximum Gasteiger partial charge on any atom is 0.312 e. The number of amides is 2. The molecule has 0 saturated carbocycles. The Kier molecular flexibility index (Phi) is 6.21. The highest BCUT2D eigenvalue weighted by Gasteiger charge is 2.09. The summed E-state index contributed by atoms with van der Waals surface area (Å²) in [4.78, 5) is 10.2. The Bertz CT molecular complexity index is 152. The Morgan fingerprint density at radius 3 is 2.46 bits per heavy atom. The Morgan fingerprint density at radius 2 is 2.00 bits per heavy atom. The van der Waals surface area contributed by atoms with Crippen LogP contribution in [0.15, 0.2) is 0 Å². The molecule has 1 atom stereocenters. The second-order valence-corrected chi connectivity index (χ2v) is 2.86. The molecule has 78 valence electrons. The van der Waals surface area contributed by atoms with Crippen molar-refractivity contribution in [1.82, 2.24) is 5.32 Å². The van der Waals surface area contributed by atoms with Gasteiger partial charge in [0.2, 0.25) is 0 Å². The average Bonchev–Trinajstić information content (AvgIpc) is 2.02. The first-order valence-electron chi connectivity index (χ1n) is 4.19. The third-order valence-electron chi connectivity index (χ3n) is 1.65. The Hall–Kier alpha value is -0.850. The van der Waals surface area contributed by atoms with Gasteiger partial charge in [-0.3, -0.25) is 0 Å². The average molecular weight is 191 g/mol. The fourth-order valence-electron chi connectivity index (χ4n) is 0.866. The minimum atomic E-state index is -1.47. The van der Waals surface area contributed by atoms with Crippen molar-refractivity contribution in [1.29, 1.82) is 0 Å². The molecule has 13 heavy (non-hydrogen) atoms. The van der Waals surface area contributed by atoms with Crippen LogP contribution in [-0.4, -0.2) is 35.1 Å². The summed E-state index contributed by atoms with van der Waals surface area (Å²) >= 11 is 0. The molecule has 0 rings (SSSR count). The Morgan fingerprint density at radius 1 is 1.38 bits per heavy atom. The number of urea groups is 1. The zero-order valence-corrected chi connectivity index (χ0v) is 7.44. The molecule has 6 heteroatoms. The summed E-state index contributed by atoms with van der Waals surface area (Å²) in [6, 6.07) is -1.17. The van der Waals surface area contributed by atoms with E-state index in [1.165, 1.54) is 0 Å². The highest BCUT2D eigenvalue weighted by atomic mass is 16.5. The number of carbonyl (C=O) groups is 1. The molecule has 0 aliphatic rings. The van der Waals surface area contributed by atoms with E-state index in [1.54, 1.807) is 0 Å². The number of unbranched alkanes of at least 4 members (excludes halogenated alkanes) is 1. The maximum atomic E-state index is 10.2. The van der Waals surface area contributed by atoms with Crippen molar-refractivity contribution in [2.45, 2.75) is 31.6 Å². The number of nitrogens with two attached hydrogens (primary N) is 2. The monoisotopic (exact) mass is 191 g/mol. The molecule has 0 aromatic rings. The van der Waals surface area contributed by atoms with Crippen LogP contribution in [0.3, 0.4) is 0 Å². The molecule has 0 saturated heterocycles. The summed E-state index contributed by atoms with van der Waals surface area (Å²) in [5, 5.41) is 19.6. The predicted octanol–water partition coefficient (Wildman–Crippen LogP) is -1.54. The van der Waals surface area contributed by atoms with Gasteiger partial charge in [-0.1, -0.05) is 0 Å². The van der Waals surface area contributed by atoms with E-state index in [2.05, 4.69) is 5.32 Å². The maximum absolute atomic E-state index is 10.2. The van der Waals surface area contributed by atoms with Gasteiger partial charge in [-0.15, -0.1) is 0 Å². The van der Waals surface area contributed by atoms with Crippen molar-refractivity contribution in [3.8, 4) is 0 Å². The van der Waals surface area contributed by atoms with Gasteiger partial charge in [0.25, 0.3) is 0 Å². The molecule has 0 spiro atoms. The topological polar surface area (TPSA) is 122 Å². The molecular formula is C7H17N3O3. The quantitative estimate of drug-likeness (QED) is 0.258. The molecule has 0 aliphatic heterocycles. The van der Waals surface area contributed by atoms with Gasteiger partial charge in [0.1, 0.15) is 0 Å². The molecule has 2 amide bonds. The van der Waals surface area contributed by atoms with Crippen LogP contribution in [0.2, 0.25) is 0 Å². The number of hydrogen-bond acceptors (Lipinski definition) is 4. The summed E-state index contributed by atoms with van der Waals surface area (Å²) in [5.74, 6) is 0. The molecule has 7 N–H and O–H groups in total. The predicted molar refractivity (Wildman–Crippen MR) is 47.6 cm³/mol. The summed E-state index contributed by atoms with van der Waals surface area (Å²) in [7, 11) is 0. The van der Waals surface area contributed by atoms with E-state index in [0.717, 1.165) is 12.8 Å². The molecule has 0 aromatic heterocycles. The minimum Gasteiger partial charge on any atom is -0.367 e. The van der Waals surface area contributed by atoms with Gasteiger partial charge in [0, 0.05) is 6.54 Å². The highest BCUT2D eigenvalue weighted by molar-refractivity contribution is 5.71. The number of hydrogen-bond donors (Lipinski definition) is 5. The van der Waals surface area contributed by atoms with Crippen LogP contribution in [0.25, 0.3) is 0 Å². The number of aliphatic hydroxyl groups excluding tert-OH is 1. The van der Waals surface area contributed by atoms with E-state index in [-0.39, 0.29) is 0 Å². The number of nitrogens with one attached hydrogen (secondary N) is 1. The first-order valence-corrected chi connectivity index (χ1v) is 4.19. The summed E-state index contributed by atoms with van der Waals surface area (Å²) in [6.45, 7) is 0.490. The summed E-state index contributed by atoms with van der Waals surface area (Å²) in [5.41, 5.74) is 10.2. The van der Waals surface area contributed by atoms with E-state index >= 15 is 0 Å². The number of aliphatic hydroxyl groups is 2. The van der Waals surface area contributed by atoms with Gasteiger partial charge in [-0.05, 0) is 19.3 Å². The van der Waals surface area contributed by atoms with E-state index < -0.39 is 18.4 Å². The van der Waals surface area contributed by atoms with Crippen molar-refractivity contribution in [2.24, 2.45) is 11.5 Å². The second kappa shape index (κ2) is 6.64. The molecule has 0 fully saturated rings. The fraction of sp³-hybridized carbons (Fsp3) is 0.857. The van der Waals surface area contributed by atoms with Gasteiger partial charge in [-0.2, -0.15) is 0 Å². The van der Waals surface area contributed by atoms with E-state index in [0.29, 0.717) is 13.0 Å². The Labute approximate surface area is 76.9 Å². The van der Waals surface area contributed by atoms with Crippen molar-refractivity contribution in [3.05, 3.63) is 0 Å². The molecule has 6 nitrogen and oxygen atoms in total. The van der Waals surface area contributed by atoms with Crippen LogP contribution in [0, 0.1) is 0 Å². The largest absolute Gasteiger partial charge is 0.367 e. The first kappa shape index (κ1) is 12.2. The molecule has 0 unspecified atom stereocenters. The SMILES string of the molecule is NC(=O)NCCCC[C@@H](N)C(O)O. The minimum absolute atomic E-state index is 0.490. The van der Waals surface area contributed by atoms with Crippen LogP contribution in [0.5, 0.6) is 0 Å². The van der Waals surface area contributed by atoms with E-state index in [9.17, 15) is 4.79 Å². The van der Waals surface area contributed by atoms with Gasteiger partial charge in [-0.25, -0.2) is 4.79 Å². The van der Waals surface area contributed by atoms with Crippen LogP contribution in [-0.2, 0) is 0 Å². The van der Waals surface area contributed by atoms with E-state index in [1.807, 2.05) is 0 Å². The number of rotatable bonds is 6. The molecule has 0 aliphatic carbocycles. The lowest BCUT2D eigenvalue weighted by Gasteiger charge is -2.12. The summed E-state index contributed by atoms with van der Waals surface area (Å²) in [6.07, 6.45) is 0.490. The van der Waals surface area contributed by atoms with Crippen molar-refractivity contribution in [3.63, 3.8) is 0 Å². The first-order chi connectivity index (χ1) is 6.04. The van der Waals surface area contributed by atoms with Crippen LogP contribution < -0.4 is 16.8 Å². The van der Waals surface area contributed by atoms with Crippen molar-refractivity contribution < 1.29 is 15.0 Å².